The van der Waals surface area contributed by atoms with Crippen LogP contribution in [0.1, 0.15) is 23.2 Å². The van der Waals surface area contributed by atoms with E-state index in [-0.39, 0.29) is 16.5 Å². The highest BCUT2D eigenvalue weighted by atomic mass is 32.2. The molecule has 1 N–H and O–H groups in total. The first-order valence-corrected chi connectivity index (χ1v) is 6.48. The normalized spacial score (nSPS) is 10.7. The number of aromatic carboxylic acids is 1. The van der Waals surface area contributed by atoms with Crippen molar-refractivity contribution in [3.63, 3.8) is 0 Å². The summed E-state index contributed by atoms with van der Waals surface area (Å²) in [4.78, 5) is 21.3. The zero-order valence-corrected chi connectivity index (χ0v) is 11.5. The second kappa shape index (κ2) is 5.37. The van der Waals surface area contributed by atoms with E-state index in [1.54, 1.807) is 6.92 Å². The lowest BCUT2D eigenvalue weighted by molar-refractivity contribution is -0.388. The molecule has 20 heavy (non-hydrogen) atoms. The Labute approximate surface area is 117 Å². The minimum atomic E-state index is -1.19. The maximum atomic E-state index is 11.1. The van der Waals surface area contributed by atoms with Gasteiger partial charge in [0.2, 0.25) is 5.76 Å². The van der Waals surface area contributed by atoms with Crippen LogP contribution in [0.2, 0.25) is 0 Å². The zero-order valence-electron chi connectivity index (χ0n) is 10.7. The standard InChI is InChI=1S/C11H11N3O5S/c1-3-13-10(9(14(17)18)6(2)12-13)20-8-5-4-7(19-8)11(15)16/h4-5H,3H2,1-2H3,(H,15,16). The van der Waals surface area contributed by atoms with E-state index in [1.807, 2.05) is 6.92 Å². The smallest absolute Gasteiger partial charge is 0.371 e. The number of aryl methyl sites for hydroxylation is 2. The molecule has 9 heteroatoms. The Bertz CT molecular complexity index is 676. The van der Waals surface area contributed by atoms with Gasteiger partial charge in [0, 0.05) is 6.54 Å². The molecule has 2 aromatic rings. The molecule has 0 saturated heterocycles. The van der Waals surface area contributed by atoms with Crippen LogP contribution in [0.25, 0.3) is 0 Å². The van der Waals surface area contributed by atoms with Crippen LogP contribution in [-0.4, -0.2) is 25.8 Å². The minimum absolute atomic E-state index is 0.0925. The molecule has 106 valence electrons. The lowest BCUT2D eigenvalue weighted by Gasteiger charge is -2.01. The molecule has 0 aliphatic rings. The van der Waals surface area contributed by atoms with Gasteiger partial charge in [-0.1, -0.05) is 0 Å². The SMILES string of the molecule is CCn1nc(C)c([N+](=O)[O-])c1Sc1ccc(C(=O)O)o1. The predicted molar refractivity (Wildman–Crippen MR) is 69.1 cm³/mol. The monoisotopic (exact) mass is 297 g/mol. The summed E-state index contributed by atoms with van der Waals surface area (Å²) in [5, 5.41) is 24.5. The molecule has 0 saturated carbocycles. The van der Waals surface area contributed by atoms with Gasteiger partial charge in [0.05, 0.1) is 4.92 Å². The zero-order chi connectivity index (χ0) is 14.9. The molecule has 0 bridgehead atoms. The molecule has 0 amide bonds. The molecule has 2 heterocycles. The first-order valence-electron chi connectivity index (χ1n) is 5.66. The van der Waals surface area contributed by atoms with Crippen LogP contribution in [0.4, 0.5) is 5.69 Å². The summed E-state index contributed by atoms with van der Waals surface area (Å²) >= 11 is 0.982. The number of nitro groups is 1. The fraction of sp³-hybridized carbons (Fsp3) is 0.273. The van der Waals surface area contributed by atoms with Crippen molar-refractivity contribution in [2.75, 3.05) is 0 Å². The number of carboxylic acid groups (broad SMARTS) is 1. The number of carbonyl (C=O) groups is 1. The molecule has 0 aliphatic carbocycles. The molecule has 0 unspecified atom stereocenters. The lowest BCUT2D eigenvalue weighted by atomic mass is 10.4. The minimum Gasteiger partial charge on any atom is -0.475 e. The lowest BCUT2D eigenvalue weighted by Crippen LogP contribution is -1.99. The molecule has 0 aliphatic heterocycles. The van der Waals surface area contributed by atoms with Crippen molar-refractivity contribution < 1.29 is 19.2 Å². The van der Waals surface area contributed by atoms with Gasteiger partial charge in [0.1, 0.15) is 5.69 Å². The Morgan fingerprint density at radius 1 is 1.60 bits per heavy atom. The third kappa shape index (κ3) is 2.52. The molecular formula is C11H11N3O5S. The van der Waals surface area contributed by atoms with Crippen LogP contribution in [0.5, 0.6) is 0 Å². The van der Waals surface area contributed by atoms with Crippen LogP contribution in [-0.2, 0) is 6.54 Å². The van der Waals surface area contributed by atoms with Gasteiger partial charge in [-0.2, -0.15) is 5.10 Å². The first kappa shape index (κ1) is 14.1. The molecule has 0 atom stereocenters. The number of nitrogens with zero attached hydrogens (tertiary/aromatic N) is 3. The van der Waals surface area contributed by atoms with Gasteiger partial charge < -0.3 is 9.52 Å². The van der Waals surface area contributed by atoms with Crippen molar-refractivity contribution in [1.82, 2.24) is 9.78 Å². The molecule has 0 aromatic carbocycles. The molecule has 0 spiro atoms. The Balaban J connectivity index is 2.41. The highest BCUT2D eigenvalue weighted by molar-refractivity contribution is 7.99. The van der Waals surface area contributed by atoms with Crippen molar-refractivity contribution in [3.05, 3.63) is 33.7 Å². The Hall–Kier alpha value is -2.29. The highest BCUT2D eigenvalue weighted by Gasteiger charge is 2.26. The van der Waals surface area contributed by atoms with Crippen molar-refractivity contribution >= 4 is 23.4 Å². The van der Waals surface area contributed by atoms with Crippen LogP contribution in [0, 0.1) is 17.0 Å². The summed E-state index contributed by atoms with van der Waals surface area (Å²) in [7, 11) is 0. The van der Waals surface area contributed by atoms with Gasteiger partial charge in [-0.3, -0.25) is 14.8 Å². The van der Waals surface area contributed by atoms with Crippen molar-refractivity contribution in [2.45, 2.75) is 30.5 Å². The van der Waals surface area contributed by atoms with Gasteiger partial charge in [0.25, 0.3) is 0 Å². The quantitative estimate of drug-likeness (QED) is 0.666. The van der Waals surface area contributed by atoms with E-state index in [4.69, 9.17) is 9.52 Å². The van der Waals surface area contributed by atoms with E-state index in [0.29, 0.717) is 17.3 Å². The first-order chi connectivity index (χ1) is 9.43. The van der Waals surface area contributed by atoms with Gasteiger partial charge in [-0.05, 0) is 37.7 Å². The number of hydrogen-bond acceptors (Lipinski definition) is 6. The van der Waals surface area contributed by atoms with Gasteiger partial charge in [-0.15, -0.1) is 0 Å². The maximum Gasteiger partial charge on any atom is 0.371 e. The maximum absolute atomic E-state index is 11.1. The van der Waals surface area contributed by atoms with Crippen molar-refractivity contribution in [3.8, 4) is 0 Å². The fourth-order valence-electron chi connectivity index (χ4n) is 1.66. The Morgan fingerprint density at radius 2 is 2.30 bits per heavy atom. The molecular weight excluding hydrogens is 286 g/mol. The number of hydrogen-bond donors (Lipinski definition) is 1. The van der Waals surface area contributed by atoms with E-state index in [0.717, 1.165) is 11.8 Å². The molecule has 0 fully saturated rings. The summed E-state index contributed by atoms with van der Waals surface area (Å²) in [6.45, 7) is 3.83. The van der Waals surface area contributed by atoms with Crippen LogP contribution >= 0.6 is 11.8 Å². The number of furan rings is 1. The predicted octanol–water partition coefficient (Wildman–Crippen LogP) is 2.56. The fourth-order valence-corrected chi connectivity index (χ4v) is 2.71. The van der Waals surface area contributed by atoms with E-state index in [1.165, 1.54) is 16.8 Å². The molecule has 0 radical (unpaired) electrons. The highest BCUT2D eigenvalue weighted by Crippen LogP contribution is 2.37. The van der Waals surface area contributed by atoms with E-state index in [9.17, 15) is 14.9 Å². The van der Waals surface area contributed by atoms with Crippen LogP contribution in [0.3, 0.4) is 0 Å². The summed E-state index contributed by atoms with van der Waals surface area (Å²) in [6, 6.07) is 2.76. The van der Waals surface area contributed by atoms with E-state index in [2.05, 4.69) is 5.10 Å². The largest absolute Gasteiger partial charge is 0.475 e. The van der Waals surface area contributed by atoms with Crippen LogP contribution < -0.4 is 0 Å². The average Bonchev–Trinajstić information content (AvgIpc) is 2.94. The second-order valence-corrected chi connectivity index (χ2v) is 4.83. The topological polar surface area (TPSA) is 111 Å². The van der Waals surface area contributed by atoms with Crippen LogP contribution in [0.15, 0.2) is 26.7 Å². The summed E-state index contributed by atoms with van der Waals surface area (Å²) in [5.41, 5.74) is 0.217. The second-order valence-electron chi connectivity index (χ2n) is 3.84. The van der Waals surface area contributed by atoms with Gasteiger partial charge >= 0.3 is 11.7 Å². The number of carboxylic acids is 1. The molecule has 2 rings (SSSR count). The van der Waals surface area contributed by atoms with Crippen molar-refractivity contribution in [2.24, 2.45) is 0 Å². The molecule has 8 nitrogen and oxygen atoms in total. The van der Waals surface area contributed by atoms with Gasteiger partial charge in [-0.25, -0.2) is 4.79 Å². The Morgan fingerprint density at radius 3 is 2.80 bits per heavy atom. The molecule has 2 aromatic heterocycles. The third-order valence-electron chi connectivity index (χ3n) is 2.52. The van der Waals surface area contributed by atoms with E-state index < -0.39 is 10.9 Å². The Kier molecular flexibility index (Phi) is 3.79. The summed E-state index contributed by atoms with van der Waals surface area (Å²) < 4.78 is 6.58. The van der Waals surface area contributed by atoms with Gasteiger partial charge in [0.15, 0.2) is 10.1 Å². The van der Waals surface area contributed by atoms with E-state index >= 15 is 0 Å². The third-order valence-corrected chi connectivity index (χ3v) is 3.54. The van der Waals surface area contributed by atoms with Crippen molar-refractivity contribution in [1.29, 1.82) is 0 Å². The summed E-state index contributed by atoms with van der Waals surface area (Å²) in [5.74, 6) is -1.40. The summed E-state index contributed by atoms with van der Waals surface area (Å²) in [6.07, 6.45) is 0. The number of rotatable bonds is 5. The number of aromatic nitrogens is 2. The average molecular weight is 297 g/mol.